The maximum absolute atomic E-state index is 12.3. The standard InChI is InChI=1S/C14H28N2O/c1-11-10-15(14(5,6)7)8-9-16(11)12(17)13(2,3)4/h11H,8-10H2,1-7H3/t11-/m0/s1. The van der Waals surface area contributed by atoms with Crippen molar-refractivity contribution in [2.24, 2.45) is 5.41 Å². The van der Waals surface area contributed by atoms with Gasteiger partial charge in [-0.15, -0.1) is 0 Å². The van der Waals surface area contributed by atoms with Crippen LogP contribution in [0, 0.1) is 5.41 Å². The van der Waals surface area contributed by atoms with Gasteiger partial charge in [0, 0.05) is 36.6 Å². The van der Waals surface area contributed by atoms with Gasteiger partial charge in [0.2, 0.25) is 5.91 Å². The van der Waals surface area contributed by atoms with Crippen LogP contribution in [0.4, 0.5) is 0 Å². The highest BCUT2D eigenvalue weighted by molar-refractivity contribution is 5.81. The third-order valence-electron chi connectivity index (χ3n) is 3.48. The van der Waals surface area contributed by atoms with Crippen LogP contribution >= 0.6 is 0 Å². The van der Waals surface area contributed by atoms with Crippen LogP contribution in [-0.4, -0.2) is 46.9 Å². The molecule has 0 aromatic heterocycles. The molecule has 1 heterocycles. The van der Waals surface area contributed by atoms with E-state index in [0.29, 0.717) is 6.04 Å². The van der Waals surface area contributed by atoms with Gasteiger partial charge in [0.1, 0.15) is 0 Å². The molecule has 0 saturated carbocycles. The third-order valence-corrected chi connectivity index (χ3v) is 3.48. The van der Waals surface area contributed by atoms with E-state index in [4.69, 9.17) is 0 Å². The Morgan fingerprint density at radius 3 is 1.94 bits per heavy atom. The van der Waals surface area contributed by atoms with Gasteiger partial charge >= 0.3 is 0 Å². The molecule has 0 aromatic rings. The Morgan fingerprint density at radius 2 is 1.59 bits per heavy atom. The minimum atomic E-state index is -0.266. The zero-order chi connectivity index (χ0) is 13.4. The van der Waals surface area contributed by atoms with Crippen LogP contribution in [0.2, 0.25) is 0 Å². The van der Waals surface area contributed by atoms with E-state index in [1.165, 1.54) is 0 Å². The average molecular weight is 240 g/mol. The number of rotatable bonds is 0. The molecule has 0 bridgehead atoms. The second-order valence-corrected chi connectivity index (χ2v) is 7.21. The molecule has 1 atom stereocenters. The predicted molar refractivity (Wildman–Crippen MR) is 72.0 cm³/mol. The molecule has 17 heavy (non-hydrogen) atoms. The largest absolute Gasteiger partial charge is 0.337 e. The van der Waals surface area contributed by atoms with Crippen molar-refractivity contribution >= 4 is 5.91 Å². The second kappa shape index (κ2) is 4.60. The van der Waals surface area contributed by atoms with Gasteiger partial charge in [-0.25, -0.2) is 0 Å². The van der Waals surface area contributed by atoms with E-state index in [2.05, 4.69) is 32.6 Å². The smallest absolute Gasteiger partial charge is 0.228 e. The van der Waals surface area contributed by atoms with Crippen LogP contribution in [0.15, 0.2) is 0 Å². The molecule has 0 aromatic carbocycles. The van der Waals surface area contributed by atoms with Crippen molar-refractivity contribution in [3.05, 3.63) is 0 Å². The molecule has 1 rings (SSSR count). The zero-order valence-corrected chi connectivity index (χ0v) is 12.5. The Bertz CT molecular complexity index is 286. The van der Waals surface area contributed by atoms with Gasteiger partial charge in [-0.2, -0.15) is 0 Å². The summed E-state index contributed by atoms with van der Waals surface area (Å²) in [6, 6.07) is 0.315. The summed E-state index contributed by atoms with van der Waals surface area (Å²) in [5.41, 5.74) is -0.0662. The molecule has 0 N–H and O–H groups in total. The quantitative estimate of drug-likeness (QED) is 0.649. The highest BCUT2D eigenvalue weighted by atomic mass is 16.2. The number of hydrogen-bond acceptors (Lipinski definition) is 2. The average Bonchev–Trinajstić information content (AvgIpc) is 2.13. The summed E-state index contributed by atoms with van der Waals surface area (Å²) in [6.07, 6.45) is 0. The van der Waals surface area contributed by atoms with Crippen molar-refractivity contribution in [3.8, 4) is 0 Å². The van der Waals surface area contributed by atoms with E-state index >= 15 is 0 Å². The molecular weight excluding hydrogens is 212 g/mol. The number of hydrogen-bond donors (Lipinski definition) is 0. The van der Waals surface area contributed by atoms with Crippen molar-refractivity contribution in [2.75, 3.05) is 19.6 Å². The molecule has 0 radical (unpaired) electrons. The first-order chi connectivity index (χ1) is 7.53. The zero-order valence-electron chi connectivity index (χ0n) is 12.5. The van der Waals surface area contributed by atoms with Gasteiger partial charge in [0.15, 0.2) is 0 Å². The van der Waals surface area contributed by atoms with Crippen molar-refractivity contribution in [1.29, 1.82) is 0 Å². The van der Waals surface area contributed by atoms with E-state index in [0.717, 1.165) is 19.6 Å². The van der Waals surface area contributed by atoms with E-state index in [9.17, 15) is 4.79 Å². The fraction of sp³-hybridized carbons (Fsp3) is 0.929. The lowest BCUT2D eigenvalue weighted by Crippen LogP contribution is -2.60. The van der Waals surface area contributed by atoms with E-state index in [-0.39, 0.29) is 16.9 Å². The molecule has 0 unspecified atom stereocenters. The normalized spacial score (nSPS) is 23.9. The Labute approximate surface area is 106 Å². The monoisotopic (exact) mass is 240 g/mol. The van der Waals surface area contributed by atoms with Crippen LogP contribution in [0.25, 0.3) is 0 Å². The lowest BCUT2D eigenvalue weighted by atomic mass is 9.93. The van der Waals surface area contributed by atoms with Gasteiger partial charge in [-0.1, -0.05) is 20.8 Å². The Morgan fingerprint density at radius 1 is 1.06 bits per heavy atom. The summed E-state index contributed by atoms with van der Waals surface area (Å²) >= 11 is 0. The third kappa shape index (κ3) is 3.44. The van der Waals surface area contributed by atoms with Gasteiger partial charge in [0.25, 0.3) is 0 Å². The summed E-state index contributed by atoms with van der Waals surface area (Å²) in [6.45, 7) is 17.7. The lowest BCUT2D eigenvalue weighted by Gasteiger charge is -2.47. The summed E-state index contributed by atoms with van der Waals surface area (Å²) in [7, 11) is 0. The molecule has 1 saturated heterocycles. The molecule has 3 nitrogen and oxygen atoms in total. The summed E-state index contributed by atoms with van der Waals surface area (Å²) < 4.78 is 0. The van der Waals surface area contributed by atoms with Crippen LogP contribution in [0.1, 0.15) is 48.5 Å². The number of carbonyl (C=O) groups is 1. The Hall–Kier alpha value is -0.570. The minimum absolute atomic E-state index is 0.200. The Balaban J connectivity index is 2.70. The summed E-state index contributed by atoms with van der Waals surface area (Å²) in [5.74, 6) is 0.276. The fourth-order valence-corrected chi connectivity index (χ4v) is 2.30. The molecule has 0 spiro atoms. The molecular formula is C14H28N2O. The summed E-state index contributed by atoms with van der Waals surface area (Å²) in [4.78, 5) is 16.8. The van der Waals surface area contributed by atoms with Crippen LogP contribution in [0.3, 0.4) is 0 Å². The first kappa shape index (κ1) is 14.5. The summed E-state index contributed by atoms with van der Waals surface area (Å²) in [5, 5.41) is 0. The number of carbonyl (C=O) groups excluding carboxylic acids is 1. The van der Waals surface area contributed by atoms with Gasteiger partial charge in [0.05, 0.1) is 0 Å². The molecule has 1 fully saturated rings. The van der Waals surface area contributed by atoms with Crippen LogP contribution < -0.4 is 0 Å². The molecule has 1 aliphatic heterocycles. The second-order valence-electron chi connectivity index (χ2n) is 7.21. The maximum Gasteiger partial charge on any atom is 0.228 e. The maximum atomic E-state index is 12.3. The number of nitrogens with zero attached hydrogens (tertiary/aromatic N) is 2. The van der Waals surface area contributed by atoms with Crippen molar-refractivity contribution in [3.63, 3.8) is 0 Å². The van der Waals surface area contributed by atoms with Crippen molar-refractivity contribution < 1.29 is 4.79 Å². The SMILES string of the molecule is C[C@H]1CN(C(C)(C)C)CCN1C(=O)C(C)(C)C. The molecule has 1 aliphatic rings. The van der Waals surface area contributed by atoms with Gasteiger partial charge < -0.3 is 4.90 Å². The predicted octanol–water partition coefficient (Wildman–Crippen LogP) is 2.36. The highest BCUT2D eigenvalue weighted by Crippen LogP contribution is 2.24. The number of piperazine rings is 1. The van der Waals surface area contributed by atoms with E-state index < -0.39 is 0 Å². The molecule has 0 aliphatic carbocycles. The molecule has 1 amide bonds. The topological polar surface area (TPSA) is 23.6 Å². The van der Waals surface area contributed by atoms with Crippen molar-refractivity contribution in [1.82, 2.24) is 9.80 Å². The molecule has 3 heteroatoms. The van der Waals surface area contributed by atoms with Gasteiger partial charge in [-0.05, 0) is 27.7 Å². The lowest BCUT2D eigenvalue weighted by molar-refractivity contribution is -0.145. The molecule has 100 valence electrons. The first-order valence-corrected chi connectivity index (χ1v) is 6.59. The van der Waals surface area contributed by atoms with E-state index in [1.54, 1.807) is 0 Å². The fourth-order valence-electron chi connectivity index (χ4n) is 2.30. The first-order valence-electron chi connectivity index (χ1n) is 6.59. The van der Waals surface area contributed by atoms with E-state index in [1.807, 2.05) is 25.7 Å². The van der Waals surface area contributed by atoms with Crippen molar-refractivity contribution in [2.45, 2.75) is 60.0 Å². The van der Waals surface area contributed by atoms with Crippen LogP contribution in [0.5, 0.6) is 0 Å². The number of amides is 1. The minimum Gasteiger partial charge on any atom is -0.337 e. The highest BCUT2D eigenvalue weighted by Gasteiger charge is 2.36. The van der Waals surface area contributed by atoms with Crippen LogP contribution in [-0.2, 0) is 4.79 Å². The Kier molecular flexibility index (Phi) is 3.92. The van der Waals surface area contributed by atoms with Gasteiger partial charge in [-0.3, -0.25) is 9.69 Å².